The van der Waals surface area contributed by atoms with Gasteiger partial charge in [-0.25, -0.2) is 0 Å². The topological polar surface area (TPSA) is 67.2 Å². The van der Waals surface area contributed by atoms with Crippen molar-refractivity contribution in [2.45, 2.75) is 13.0 Å². The Hall–Kier alpha value is -1.86. The molecule has 0 fully saturated rings. The second-order valence-corrected chi connectivity index (χ2v) is 6.66. The molecule has 2 aromatic rings. The number of aryl methyl sites for hydroxylation is 1. The highest BCUT2D eigenvalue weighted by atomic mass is 35.5. The maximum absolute atomic E-state index is 12.5. The van der Waals surface area contributed by atoms with Crippen LogP contribution in [0.2, 0.25) is 5.02 Å². The fourth-order valence-corrected chi connectivity index (χ4v) is 3.86. The molecule has 22 heavy (non-hydrogen) atoms. The molecule has 2 aromatic heterocycles. The van der Waals surface area contributed by atoms with Gasteiger partial charge in [0.1, 0.15) is 0 Å². The van der Waals surface area contributed by atoms with Gasteiger partial charge in [0.15, 0.2) is 5.69 Å². The van der Waals surface area contributed by atoms with Crippen molar-refractivity contribution in [1.29, 1.82) is 0 Å². The third-order valence-electron chi connectivity index (χ3n) is 3.59. The Labute approximate surface area is 136 Å². The van der Waals surface area contributed by atoms with Crippen LogP contribution in [0.3, 0.4) is 0 Å². The monoisotopic (exact) mass is 338 g/mol. The van der Waals surface area contributed by atoms with Crippen LogP contribution in [0.5, 0.6) is 0 Å². The molecular formula is C14H15ClN4O2S. The number of nitrogens with zero attached hydrogens (tertiary/aromatic N) is 3. The molecule has 6 nitrogen and oxygen atoms in total. The Morgan fingerprint density at radius 3 is 2.86 bits per heavy atom. The van der Waals surface area contributed by atoms with Gasteiger partial charge in [0.25, 0.3) is 11.8 Å². The van der Waals surface area contributed by atoms with E-state index in [1.54, 1.807) is 25.2 Å². The number of hydrogen-bond acceptors (Lipinski definition) is 4. The number of fused-ring (bicyclic) bond motifs is 1. The zero-order chi connectivity index (χ0) is 15.9. The van der Waals surface area contributed by atoms with E-state index in [4.69, 9.17) is 11.6 Å². The lowest BCUT2D eigenvalue weighted by Gasteiger charge is -2.26. The van der Waals surface area contributed by atoms with Crippen LogP contribution in [0.1, 0.15) is 30.6 Å². The Morgan fingerprint density at radius 2 is 2.23 bits per heavy atom. The smallest absolute Gasteiger partial charge is 0.276 e. The summed E-state index contributed by atoms with van der Waals surface area (Å²) in [6.45, 7) is 1.08. The van der Waals surface area contributed by atoms with Crippen molar-refractivity contribution < 1.29 is 9.59 Å². The summed E-state index contributed by atoms with van der Waals surface area (Å²) >= 11 is 7.53. The van der Waals surface area contributed by atoms with Gasteiger partial charge in [0, 0.05) is 38.3 Å². The Balaban J connectivity index is 1.82. The molecule has 1 aliphatic rings. The van der Waals surface area contributed by atoms with Crippen LogP contribution in [-0.2, 0) is 20.0 Å². The number of hydrogen-bond donors (Lipinski definition) is 1. The zero-order valence-electron chi connectivity index (χ0n) is 12.2. The molecular weight excluding hydrogens is 324 g/mol. The van der Waals surface area contributed by atoms with E-state index in [1.807, 2.05) is 6.07 Å². The number of rotatable bonds is 2. The normalized spacial score (nSPS) is 13.9. The maximum Gasteiger partial charge on any atom is 0.276 e. The van der Waals surface area contributed by atoms with Crippen LogP contribution in [0, 0.1) is 0 Å². The quantitative estimate of drug-likeness (QED) is 0.906. The minimum atomic E-state index is -0.177. The molecule has 0 aromatic carbocycles. The molecule has 1 aliphatic heterocycles. The molecule has 0 bridgehead atoms. The number of thiophene rings is 1. The van der Waals surface area contributed by atoms with Crippen LogP contribution in [-0.4, -0.2) is 40.1 Å². The van der Waals surface area contributed by atoms with Crippen molar-refractivity contribution in [3.05, 3.63) is 38.3 Å². The third-order valence-corrected chi connectivity index (χ3v) is 5.10. The summed E-state index contributed by atoms with van der Waals surface area (Å²) in [4.78, 5) is 27.8. The van der Waals surface area contributed by atoms with Gasteiger partial charge in [-0.3, -0.25) is 14.3 Å². The Morgan fingerprint density at radius 1 is 1.45 bits per heavy atom. The fourth-order valence-electron chi connectivity index (χ4n) is 2.50. The minimum absolute atomic E-state index is 0.0925. The van der Waals surface area contributed by atoms with E-state index in [2.05, 4.69) is 10.4 Å². The van der Waals surface area contributed by atoms with Gasteiger partial charge in [-0.2, -0.15) is 5.10 Å². The van der Waals surface area contributed by atoms with E-state index in [-0.39, 0.29) is 17.5 Å². The van der Waals surface area contributed by atoms with Crippen molar-refractivity contribution in [2.75, 3.05) is 13.6 Å². The molecule has 116 valence electrons. The molecule has 3 rings (SSSR count). The van der Waals surface area contributed by atoms with E-state index >= 15 is 0 Å². The minimum Gasteiger partial charge on any atom is -0.354 e. The number of aromatic nitrogens is 2. The van der Waals surface area contributed by atoms with Crippen molar-refractivity contribution >= 4 is 34.8 Å². The van der Waals surface area contributed by atoms with Crippen LogP contribution < -0.4 is 5.32 Å². The highest BCUT2D eigenvalue weighted by Gasteiger charge is 2.27. The third kappa shape index (κ3) is 2.62. The van der Waals surface area contributed by atoms with Gasteiger partial charge in [-0.15, -0.1) is 11.3 Å². The molecule has 0 unspecified atom stereocenters. The second-order valence-electron chi connectivity index (χ2n) is 5.11. The number of halogens is 1. The summed E-state index contributed by atoms with van der Waals surface area (Å²) in [5.74, 6) is -0.269. The molecule has 2 amide bonds. The van der Waals surface area contributed by atoms with Crippen LogP contribution in [0.4, 0.5) is 0 Å². The highest BCUT2D eigenvalue weighted by Crippen LogP contribution is 2.29. The standard InChI is InChI=1S/C14H15ClN4O2S/c1-16-13(20)11-5-8-6-19(4-3-10(8)22-11)14(21)12-9(15)7-18(2)17-12/h5,7H,3-4,6H2,1-2H3,(H,16,20). The lowest BCUT2D eigenvalue weighted by molar-refractivity contribution is 0.0729. The molecule has 1 N–H and O–H groups in total. The second kappa shape index (κ2) is 5.73. The SMILES string of the molecule is CNC(=O)c1cc2c(s1)CCN(C(=O)c1nn(C)cc1Cl)C2. The molecule has 0 atom stereocenters. The first-order chi connectivity index (χ1) is 10.5. The first kappa shape index (κ1) is 15.1. The van der Waals surface area contributed by atoms with Gasteiger partial charge in [0.2, 0.25) is 0 Å². The average Bonchev–Trinajstić information content (AvgIpc) is 3.07. The average molecular weight is 339 g/mol. The predicted octanol–water partition coefficient (Wildman–Crippen LogP) is 1.69. The van der Waals surface area contributed by atoms with Crippen LogP contribution in [0.25, 0.3) is 0 Å². The largest absolute Gasteiger partial charge is 0.354 e. The molecule has 0 saturated heterocycles. The van der Waals surface area contributed by atoms with Gasteiger partial charge in [0.05, 0.1) is 9.90 Å². The van der Waals surface area contributed by atoms with Crippen molar-refractivity contribution in [3.63, 3.8) is 0 Å². The van der Waals surface area contributed by atoms with Gasteiger partial charge in [-0.05, 0) is 18.1 Å². The van der Waals surface area contributed by atoms with E-state index in [1.165, 1.54) is 16.0 Å². The molecule has 8 heteroatoms. The number of nitrogens with one attached hydrogen (secondary N) is 1. The summed E-state index contributed by atoms with van der Waals surface area (Å²) in [6.07, 6.45) is 2.35. The van der Waals surface area contributed by atoms with E-state index in [9.17, 15) is 9.59 Å². The number of amides is 2. The zero-order valence-corrected chi connectivity index (χ0v) is 13.8. The Kier molecular flexibility index (Phi) is 3.92. The molecule has 0 spiro atoms. The summed E-state index contributed by atoms with van der Waals surface area (Å²) in [7, 11) is 3.34. The Bertz CT molecular complexity index is 752. The number of carbonyl (C=O) groups is 2. The lowest BCUT2D eigenvalue weighted by atomic mass is 10.1. The summed E-state index contributed by atoms with van der Waals surface area (Å²) in [6, 6.07) is 1.86. The molecule has 0 aliphatic carbocycles. The van der Waals surface area contributed by atoms with Crippen LogP contribution >= 0.6 is 22.9 Å². The van der Waals surface area contributed by atoms with E-state index < -0.39 is 0 Å². The van der Waals surface area contributed by atoms with Crippen LogP contribution in [0.15, 0.2) is 12.3 Å². The molecule has 0 saturated carbocycles. The van der Waals surface area contributed by atoms with E-state index in [0.29, 0.717) is 23.0 Å². The van der Waals surface area contributed by atoms with Crippen molar-refractivity contribution in [3.8, 4) is 0 Å². The van der Waals surface area contributed by atoms with E-state index in [0.717, 1.165) is 16.9 Å². The summed E-state index contributed by atoms with van der Waals surface area (Å²) in [5, 5.41) is 7.10. The highest BCUT2D eigenvalue weighted by molar-refractivity contribution is 7.14. The molecule has 3 heterocycles. The maximum atomic E-state index is 12.5. The number of carbonyl (C=O) groups excluding carboxylic acids is 2. The summed E-state index contributed by atoms with van der Waals surface area (Å²) in [5.41, 5.74) is 1.30. The first-order valence-corrected chi connectivity index (χ1v) is 8.01. The van der Waals surface area contributed by atoms with Crippen molar-refractivity contribution in [2.24, 2.45) is 7.05 Å². The lowest BCUT2D eigenvalue weighted by Crippen LogP contribution is -2.35. The fraction of sp³-hybridized carbons (Fsp3) is 0.357. The summed E-state index contributed by atoms with van der Waals surface area (Å²) < 4.78 is 1.53. The predicted molar refractivity (Wildman–Crippen MR) is 84.4 cm³/mol. The van der Waals surface area contributed by atoms with Gasteiger partial charge < -0.3 is 10.2 Å². The molecule has 0 radical (unpaired) electrons. The van der Waals surface area contributed by atoms with Gasteiger partial charge >= 0.3 is 0 Å². The van der Waals surface area contributed by atoms with Crippen molar-refractivity contribution in [1.82, 2.24) is 20.0 Å². The van der Waals surface area contributed by atoms with Gasteiger partial charge in [-0.1, -0.05) is 11.6 Å². The first-order valence-electron chi connectivity index (χ1n) is 6.81.